The Hall–Kier alpha value is -2.18. The maximum Gasteiger partial charge on any atom is 0.339 e. The van der Waals surface area contributed by atoms with Crippen LogP contribution in [0.5, 0.6) is 0 Å². The van der Waals surface area contributed by atoms with Crippen molar-refractivity contribution in [2.75, 3.05) is 18.0 Å². The molecule has 26 heavy (non-hydrogen) atoms. The predicted octanol–water partition coefficient (Wildman–Crippen LogP) is 3.41. The summed E-state index contributed by atoms with van der Waals surface area (Å²) in [7, 11) is 0. The number of hydrogen-bond donors (Lipinski definition) is 1. The van der Waals surface area contributed by atoms with Crippen LogP contribution < -0.4 is 4.90 Å². The molecule has 1 unspecified atom stereocenters. The maximum atomic E-state index is 13.4. The van der Waals surface area contributed by atoms with Gasteiger partial charge in [0.1, 0.15) is 17.7 Å². The Labute approximate surface area is 155 Å². The number of aliphatic hydroxyl groups excluding tert-OH is 1. The van der Waals surface area contributed by atoms with Crippen molar-refractivity contribution in [2.24, 2.45) is 0 Å². The van der Waals surface area contributed by atoms with Crippen LogP contribution in [-0.4, -0.2) is 30.3 Å². The molecule has 2 aliphatic rings. The van der Waals surface area contributed by atoms with Crippen LogP contribution in [0, 0.1) is 11.6 Å². The van der Waals surface area contributed by atoms with Crippen molar-refractivity contribution >= 4 is 24.1 Å². The number of β-amino-alcohol motifs (C(OH)–C–C–N with tert-alkyl or cyclic N) is 1. The van der Waals surface area contributed by atoms with Crippen molar-refractivity contribution in [3.8, 4) is 0 Å². The van der Waals surface area contributed by atoms with E-state index in [1.54, 1.807) is 6.07 Å². The molecule has 1 N–H and O–H groups in total. The van der Waals surface area contributed by atoms with Crippen molar-refractivity contribution in [1.82, 2.24) is 0 Å². The first-order valence-electron chi connectivity index (χ1n) is 8.22. The SMILES string of the molecule is Cl.O=C1OC(Cc2cc(F)cc(F)c2)c2ccc(N3CC[C@@H](O)C3)cc21. The Bertz CT molecular complexity index is 825. The second-order valence-corrected chi connectivity index (χ2v) is 6.54. The number of halogens is 3. The molecule has 0 spiro atoms. The van der Waals surface area contributed by atoms with Crippen molar-refractivity contribution in [3.63, 3.8) is 0 Å². The van der Waals surface area contributed by atoms with E-state index in [0.29, 0.717) is 24.1 Å². The fourth-order valence-electron chi connectivity index (χ4n) is 3.53. The fraction of sp³-hybridized carbons (Fsp3) is 0.316. The van der Waals surface area contributed by atoms with Gasteiger partial charge in [-0.3, -0.25) is 0 Å². The first kappa shape index (κ1) is 18.6. The van der Waals surface area contributed by atoms with Crippen molar-refractivity contribution in [3.05, 3.63) is 64.7 Å². The van der Waals surface area contributed by atoms with Crippen LogP contribution in [0.1, 0.15) is 34.0 Å². The number of cyclic esters (lactones) is 1. The van der Waals surface area contributed by atoms with Crippen LogP contribution in [0.3, 0.4) is 0 Å². The topological polar surface area (TPSA) is 49.8 Å². The lowest BCUT2D eigenvalue weighted by atomic mass is 9.98. The summed E-state index contributed by atoms with van der Waals surface area (Å²) >= 11 is 0. The van der Waals surface area contributed by atoms with Crippen molar-refractivity contribution < 1.29 is 23.4 Å². The molecule has 138 valence electrons. The summed E-state index contributed by atoms with van der Waals surface area (Å²) in [4.78, 5) is 14.2. The fourth-order valence-corrected chi connectivity index (χ4v) is 3.53. The van der Waals surface area contributed by atoms with Gasteiger partial charge in [-0.2, -0.15) is 0 Å². The second kappa shape index (κ2) is 7.21. The van der Waals surface area contributed by atoms with Crippen LogP contribution in [0.2, 0.25) is 0 Å². The van der Waals surface area contributed by atoms with E-state index in [1.165, 1.54) is 12.1 Å². The quantitative estimate of drug-likeness (QED) is 0.828. The molecule has 2 heterocycles. The minimum Gasteiger partial charge on any atom is -0.454 e. The average molecular weight is 382 g/mol. The molecule has 2 aromatic rings. The molecule has 4 rings (SSSR count). The number of hydrogen-bond acceptors (Lipinski definition) is 4. The molecular weight excluding hydrogens is 364 g/mol. The Morgan fingerprint density at radius 3 is 2.54 bits per heavy atom. The Morgan fingerprint density at radius 2 is 1.88 bits per heavy atom. The third kappa shape index (κ3) is 3.52. The minimum absolute atomic E-state index is 0. The first-order valence-corrected chi connectivity index (χ1v) is 8.22. The number of fused-ring (bicyclic) bond motifs is 1. The van der Waals surface area contributed by atoms with Crippen LogP contribution in [0.25, 0.3) is 0 Å². The molecule has 7 heteroatoms. The summed E-state index contributed by atoms with van der Waals surface area (Å²) in [6.45, 7) is 1.28. The Morgan fingerprint density at radius 1 is 1.15 bits per heavy atom. The largest absolute Gasteiger partial charge is 0.454 e. The van der Waals surface area contributed by atoms with E-state index in [9.17, 15) is 18.7 Å². The summed E-state index contributed by atoms with van der Waals surface area (Å²) in [6.07, 6.45) is 0.0163. The highest BCUT2D eigenvalue weighted by Crippen LogP contribution is 2.36. The van der Waals surface area contributed by atoms with Crippen molar-refractivity contribution in [1.29, 1.82) is 0 Å². The summed E-state index contributed by atoms with van der Waals surface area (Å²) < 4.78 is 32.1. The lowest BCUT2D eigenvalue weighted by molar-refractivity contribution is 0.0387. The number of aliphatic hydroxyl groups is 1. The number of carbonyl (C=O) groups is 1. The number of ether oxygens (including phenoxy) is 1. The molecule has 0 radical (unpaired) electrons. The van der Waals surface area contributed by atoms with Gasteiger partial charge in [0, 0.05) is 36.8 Å². The van der Waals surface area contributed by atoms with Crippen LogP contribution >= 0.6 is 12.4 Å². The molecule has 0 bridgehead atoms. The van der Waals surface area contributed by atoms with E-state index >= 15 is 0 Å². The number of benzene rings is 2. The highest BCUT2D eigenvalue weighted by Gasteiger charge is 2.32. The number of esters is 1. The summed E-state index contributed by atoms with van der Waals surface area (Å²) in [5.41, 5.74) is 2.50. The van der Waals surface area contributed by atoms with E-state index in [-0.39, 0.29) is 24.9 Å². The molecule has 2 aromatic carbocycles. The molecule has 1 fully saturated rings. The summed E-state index contributed by atoms with van der Waals surface area (Å²) in [6, 6.07) is 8.78. The molecule has 0 aromatic heterocycles. The smallest absolute Gasteiger partial charge is 0.339 e. The van der Waals surface area contributed by atoms with Gasteiger partial charge < -0.3 is 14.7 Å². The minimum atomic E-state index is -0.650. The molecule has 2 atom stereocenters. The van der Waals surface area contributed by atoms with Gasteiger partial charge in [0.2, 0.25) is 0 Å². The van der Waals surface area contributed by atoms with E-state index in [1.807, 2.05) is 17.0 Å². The molecular formula is C19H18ClF2NO3. The van der Waals surface area contributed by atoms with Crippen molar-refractivity contribution in [2.45, 2.75) is 25.0 Å². The number of anilines is 1. The third-order valence-electron chi connectivity index (χ3n) is 4.72. The van der Waals surface area contributed by atoms with Gasteiger partial charge in [-0.25, -0.2) is 13.6 Å². The van der Waals surface area contributed by atoms with Gasteiger partial charge in [-0.15, -0.1) is 12.4 Å². The van der Waals surface area contributed by atoms with Gasteiger partial charge in [-0.1, -0.05) is 6.07 Å². The zero-order valence-corrected chi connectivity index (χ0v) is 14.6. The van der Waals surface area contributed by atoms with Gasteiger partial charge in [0.15, 0.2) is 0 Å². The monoisotopic (exact) mass is 381 g/mol. The first-order chi connectivity index (χ1) is 12.0. The number of nitrogens with zero attached hydrogens (tertiary/aromatic N) is 1. The average Bonchev–Trinajstić information content (AvgIpc) is 3.11. The lowest BCUT2D eigenvalue weighted by Crippen LogP contribution is -2.21. The highest BCUT2D eigenvalue weighted by atomic mass is 35.5. The zero-order valence-electron chi connectivity index (χ0n) is 13.8. The van der Waals surface area contributed by atoms with Gasteiger partial charge >= 0.3 is 5.97 Å². The van der Waals surface area contributed by atoms with Gasteiger partial charge in [-0.05, 0) is 36.2 Å². The standard InChI is InChI=1S/C19H17F2NO3.ClH/c20-12-5-11(6-13(21)8-12)7-18-16-2-1-14(9-17(16)19(24)25-18)22-4-3-15(23)10-22;/h1-2,5-6,8-9,15,18,23H,3-4,7,10H2;1H/t15-,18?;/m1./s1. The predicted molar refractivity (Wildman–Crippen MR) is 94.7 cm³/mol. The molecule has 0 saturated carbocycles. The van der Waals surface area contributed by atoms with E-state index < -0.39 is 23.7 Å². The van der Waals surface area contributed by atoms with Crippen LogP contribution in [-0.2, 0) is 11.2 Å². The zero-order chi connectivity index (χ0) is 17.6. The van der Waals surface area contributed by atoms with E-state index in [2.05, 4.69) is 0 Å². The van der Waals surface area contributed by atoms with E-state index in [0.717, 1.165) is 23.9 Å². The van der Waals surface area contributed by atoms with Gasteiger partial charge in [0.25, 0.3) is 0 Å². The number of rotatable bonds is 3. The van der Waals surface area contributed by atoms with Crippen LogP contribution in [0.15, 0.2) is 36.4 Å². The summed E-state index contributed by atoms with van der Waals surface area (Å²) in [5.74, 6) is -1.73. The summed E-state index contributed by atoms with van der Waals surface area (Å²) in [5, 5.41) is 9.66. The molecule has 1 saturated heterocycles. The maximum absolute atomic E-state index is 13.4. The molecule has 0 aliphatic carbocycles. The Kier molecular flexibility index (Phi) is 5.16. The normalized spacial score (nSPS) is 21.3. The lowest BCUT2D eigenvalue weighted by Gasteiger charge is -2.18. The number of carbonyl (C=O) groups excluding carboxylic acids is 1. The highest BCUT2D eigenvalue weighted by molar-refractivity contribution is 5.95. The molecule has 2 aliphatic heterocycles. The van der Waals surface area contributed by atoms with Crippen LogP contribution in [0.4, 0.5) is 14.5 Å². The molecule has 4 nitrogen and oxygen atoms in total. The second-order valence-electron chi connectivity index (χ2n) is 6.54. The van der Waals surface area contributed by atoms with E-state index in [4.69, 9.17) is 4.74 Å². The third-order valence-corrected chi connectivity index (χ3v) is 4.72. The van der Waals surface area contributed by atoms with Gasteiger partial charge in [0.05, 0.1) is 11.7 Å². The Balaban J connectivity index is 0.00000196. The molecule has 0 amide bonds.